The van der Waals surface area contributed by atoms with E-state index in [9.17, 15) is 10.1 Å². The number of ether oxygens (including phenoxy) is 1. The van der Waals surface area contributed by atoms with Gasteiger partial charge in [-0.15, -0.1) is 0 Å². The van der Waals surface area contributed by atoms with Crippen LogP contribution >= 0.6 is 0 Å². The molecule has 1 aliphatic heterocycles. The highest BCUT2D eigenvalue weighted by Gasteiger charge is 2.22. The van der Waals surface area contributed by atoms with Gasteiger partial charge in [0, 0.05) is 37.5 Å². The lowest BCUT2D eigenvalue weighted by Gasteiger charge is -2.15. The number of aliphatic imine (C=N–C) groups is 1. The lowest BCUT2D eigenvalue weighted by Crippen LogP contribution is -2.00. The van der Waals surface area contributed by atoms with Crippen LogP contribution in [0.15, 0.2) is 35.6 Å². The standard InChI is InChI=1S/C16H16N4O3/c1-19-10-12(9-18-19)13-7-15(20(21)22)16(23-2)8-14(13)11-3-5-17-6-4-11/h3,6-10H,4-5H2,1-2H3. The van der Waals surface area contributed by atoms with E-state index in [1.54, 1.807) is 23.0 Å². The van der Waals surface area contributed by atoms with Crippen LogP contribution in [0.25, 0.3) is 16.7 Å². The second-order valence-electron chi connectivity index (χ2n) is 5.21. The lowest BCUT2D eigenvalue weighted by atomic mass is 9.92. The average molecular weight is 312 g/mol. The van der Waals surface area contributed by atoms with Gasteiger partial charge in [-0.3, -0.25) is 19.8 Å². The Morgan fingerprint density at radius 3 is 2.74 bits per heavy atom. The van der Waals surface area contributed by atoms with Crippen LogP contribution in [0.1, 0.15) is 12.0 Å². The highest BCUT2D eigenvalue weighted by atomic mass is 16.6. The molecule has 0 saturated carbocycles. The molecule has 0 spiro atoms. The third-order valence-corrected chi connectivity index (χ3v) is 3.76. The van der Waals surface area contributed by atoms with Gasteiger partial charge in [0.1, 0.15) is 0 Å². The molecule has 2 aromatic rings. The van der Waals surface area contributed by atoms with E-state index in [0.29, 0.717) is 13.0 Å². The molecule has 1 aromatic heterocycles. The maximum atomic E-state index is 11.3. The van der Waals surface area contributed by atoms with E-state index < -0.39 is 4.92 Å². The average Bonchev–Trinajstić information content (AvgIpc) is 3.00. The van der Waals surface area contributed by atoms with Gasteiger partial charge in [0.05, 0.1) is 24.8 Å². The van der Waals surface area contributed by atoms with Crippen LogP contribution in [-0.4, -0.2) is 34.6 Å². The van der Waals surface area contributed by atoms with Gasteiger partial charge in [0.15, 0.2) is 5.75 Å². The Morgan fingerprint density at radius 2 is 2.17 bits per heavy atom. The van der Waals surface area contributed by atoms with Crippen LogP contribution in [0, 0.1) is 10.1 Å². The molecule has 7 heteroatoms. The minimum Gasteiger partial charge on any atom is -0.490 e. The maximum Gasteiger partial charge on any atom is 0.311 e. The number of allylic oxidation sites excluding steroid dienone is 1. The molecule has 0 fully saturated rings. The minimum atomic E-state index is -0.431. The molecule has 0 unspecified atom stereocenters. The molecule has 0 aliphatic carbocycles. The van der Waals surface area contributed by atoms with Crippen LogP contribution < -0.4 is 4.74 Å². The number of aromatic nitrogens is 2. The van der Waals surface area contributed by atoms with Crippen molar-refractivity contribution in [3.8, 4) is 16.9 Å². The second kappa shape index (κ2) is 6.04. The molecule has 1 aliphatic rings. The molecule has 23 heavy (non-hydrogen) atoms. The van der Waals surface area contributed by atoms with Gasteiger partial charge in [0.25, 0.3) is 0 Å². The highest BCUT2D eigenvalue weighted by molar-refractivity contribution is 5.90. The Hall–Kier alpha value is -2.96. The number of benzene rings is 1. The van der Waals surface area contributed by atoms with E-state index in [2.05, 4.69) is 10.1 Å². The monoisotopic (exact) mass is 312 g/mol. The van der Waals surface area contributed by atoms with Gasteiger partial charge in [-0.25, -0.2) is 0 Å². The summed E-state index contributed by atoms with van der Waals surface area (Å²) in [4.78, 5) is 15.1. The fourth-order valence-electron chi connectivity index (χ4n) is 2.64. The Bertz CT molecular complexity index is 821. The zero-order valence-electron chi connectivity index (χ0n) is 12.9. The van der Waals surface area contributed by atoms with Crippen LogP contribution in [-0.2, 0) is 7.05 Å². The quantitative estimate of drug-likeness (QED) is 0.642. The van der Waals surface area contributed by atoms with Crippen molar-refractivity contribution in [1.82, 2.24) is 9.78 Å². The normalized spacial score (nSPS) is 13.7. The number of methoxy groups -OCH3 is 1. The van der Waals surface area contributed by atoms with E-state index in [4.69, 9.17) is 4.74 Å². The summed E-state index contributed by atoms with van der Waals surface area (Å²) in [6.07, 6.45) is 8.12. The fraction of sp³-hybridized carbons (Fsp3) is 0.250. The van der Waals surface area contributed by atoms with Crippen molar-refractivity contribution >= 4 is 17.5 Å². The molecule has 3 rings (SSSR count). The van der Waals surface area contributed by atoms with Gasteiger partial charge >= 0.3 is 5.69 Å². The number of dihydropyridines is 1. The summed E-state index contributed by atoms with van der Waals surface area (Å²) in [6, 6.07) is 3.28. The van der Waals surface area contributed by atoms with Crippen LogP contribution in [0.4, 0.5) is 5.69 Å². The van der Waals surface area contributed by atoms with Crippen molar-refractivity contribution in [3.05, 3.63) is 46.3 Å². The fourth-order valence-corrected chi connectivity index (χ4v) is 2.64. The molecule has 0 N–H and O–H groups in total. The minimum absolute atomic E-state index is 0.0554. The van der Waals surface area contributed by atoms with Crippen molar-refractivity contribution in [1.29, 1.82) is 0 Å². The second-order valence-corrected chi connectivity index (χ2v) is 5.21. The Kier molecular flexibility index (Phi) is 3.92. The van der Waals surface area contributed by atoms with Gasteiger partial charge in [-0.2, -0.15) is 5.10 Å². The molecule has 0 amide bonds. The number of nitro benzene ring substituents is 1. The van der Waals surface area contributed by atoms with E-state index in [0.717, 1.165) is 22.3 Å². The maximum absolute atomic E-state index is 11.3. The van der Waals surface area contributed by atoms with Gasteiger partial charge < -0.3 is 4.74 Å². The van der Waals surface area contributed by atoms with Crippen molar-refractivity contribution in [3.63, 3.8) is 0 Å². The molecular formula is C16H16N4O3. The number of rotatable bonds is 4. The van der Waals surface area contributed by atoms with Crippen LogP contribution in [0.2, 0.25) is 0 Å². The van der Waals surface area contributed by atoms with E-state index in [1.165, 1.54) is 7.11 Å². The van der Waals surface area contributed by atoms with Gasteiger partial charge in [-0.1, -0.05) is 6.08 Å². The van der Waals surface area contributed by atoms with E-state index >= 15 is 0 Å². The smallest absolute Gasteiger partial charge is 0.311 e. The van der Waals surface area contributed by atoms with Crippen molar-refractivity contribution in [2.75, 3.05) is 13.7 Å². The molecule has 0 radical (unpaired) electrons. The Balaban J connectivity index is 2.23. The highest BCUT2D eigenvalue weighted by Crippen LogP contribution is 2.39. The Morgan fingerprint density at radius 1 is 1.35 bits per heavy atom. The lowest BCUT2D eigenvalue weighted by molar-refractivity contribution is -0.385. The first-order valence-corrected chi connectivity index (χ1v) is 7.13. The molecule has 1 aromatic carbocycles. The third-order valence-electron chi connectivity index (χ3n) is 3.76. The van der Waals surface area contributed by atoms with Crippen molar-refractivity contribution in [2.45, 2.75) is 6.42 Å². The molecule has 0 saturated heterocycles. The number of aryl methyl sites for hydroxylation is 1. The summed E-state index contributed by atoms with van der Waals surface area (Å²) in [6.45, 7) is 0.612. The van der Waals surface area contributed by atoms with Gasteiger partial charge in [-0.05, 0) is 22.8 Å². The number of hydrogen-bond acceptors (Lipinski definition) is 5. The summed E-state index contributed by atoms with van der Waals surface area (Å²) in [7, 11) is 3.25. The van der Waals surface area contributed by atoms with Crippen molar-refractivity contribution in [2.24, 2.45) is 12.0 Å². The van der Waals surface area contributed by atoms with Gasteiger partial charge in [0.2, 0.25) is 0 Å². The molecule has 0 bridgehead atoms. The predicted octanol–water partition coefficient (Wildman–Crippen LogP) is 2.86. The zero-order chi connectivity index (χ0) is 16.4. The molecule has 0 atom stereocenters. The third kappa shape index (κ3) is 2.85. The largest absolute Gasteiger partial charge is 0.490 e. The summed E-state index contributed by atoms with van der Waals surface area (Å²) in [5.74, 6) is 0.251. The summed E-state index contributed by atoms with van der Waals surface area (Å²) in [5, 5.41) is 15.5. The predicted molar refractivity (Wildman–Crippen MR) is 87.8 cm³/mol. The first kappa shape index (κ1) is 15.0. The first-order valence-electron chi connectivity index (χ1n) is 7.13. The molecule has 118 valence electrons. The SMILES string of the molecule is COc1cc(C2=CCN=CC2)c(-c2cnn(C)c2)cc1[N+](=O)[O-]. The topological polar surface area (TPSA) is 82.5 Å². The van der Waals surface area contributed by atoms with E-state index in [1.807, 2.05) is 25.5 Å². The Labute approximate surface area is 133 Å². The van der Waals surface area contributed by atoms with Crippen molar-refractivity contribution < 1.29 is 9.66 Å². The number of nitro groups is 1. The summed E-state index contributed by atoms with van der Waals surface area (Å²) < 4.78 is 6.88. The number of nitrogens with zero attached hydrogens (tertiary/aromatic N) is 4. The summed E-state index contributed by atoms with van der Waals surface area (Å²) in [5.41, 5.74) is 3.53. The number of hydrogen-bond donors (Lipinski definition) is 0. The van der Waals surface area contributed by atoms with Crippen LogP contribution in [0.5, 0.6) is 5.75 Å². The molecular weight excluding hydrogens is 296 g/mol. The first-order chi connectivity index (χ1) is 11.1. The molecule has 2 heterocycles. The molecule has 7 nitrogen and oxygen atoms in total. The zero-order valence-corrected chi connectivity index (χ0v) is 12.9. The van der Waals surface area contributed by atoms with E-state index in [-0.39, 0.29) is 11.4 Å². The van der Waals surface area contributed by atoms with Crippen LogP contribution in [0.3, 0.4) is 0 Å². The summed E-state index contributed by atoms with van der Waals surface area (Å²) >= 11 is 0.